The quantitative estimate of drug-likeness (QED) is 0.392. The van der Waals surface area contributed by atoms with Crippen molar-refractivity contribution in [3.8, 4) is 0 Å². The Morgan fingerprint density at radius 1 is 0.650 bits per heavy atom. The first-order chi connectivity index (χ1) is 19.0. The molecule has 0 radical (unpaired) electrons. The first kappa shape index (κ1) is 30.2. The van der Waals surface area contributed by atoms with Crippen LogP contribution in [0.5, 0.6) is 0 Å². The molecule has 2 aliphatic rings. The Bertz CT molecular complexity index is 1160. The number of hydrogen-bond acceptors (Lipinski definition) is 10. The molecule has 2 N–H and O–H groups in total. The number of hydrogen-bond donors (Lipinski definition) is 2. The zero-order valence-electron chi connectivity index (χ0n) is 22.6. The second-order valence-corrected chi connectivity index (χ2v) is 9.82. The Balaban J connectivity index is 0.000000220. The fourth-order valence-corrected chi connectivity index (χ4v) is 4.71. The molecule has 0 atom stereocenters. The molecule has 0 saturated carbocycles. The van der Waals surface area contributed by atoms with Gasteiger partial charge in [0, 0.05) is 62.8 Å². The number of nitro groups is 2. The molecular formula is C26H34N6O8. The fraction of sp³-hybridized carbons (Fsp3) is 0.462. The molecule has 0 aromatic heterocycles. The highest BCUT2D eigenvalue weighted by Crippen LogP contribution is 2.27. The minimum atomic E-state index is -1.27. The Morgan fingerprint density at radius 3 is 1.35 bits per heavy atom. The molecule has 14 nitrogen and oxygen atoms in total. The predicted molar refractivity (Wildman–Crippen MR) is 149 cm³/mol. The van der Waals surface area contributed by atoms with Crippen molar-refractivity contribution in [3.05, 3.63) is 67.8 Å². The van der Waals surface area contributed by atoms with E-state index in [2.05, 4.69) is 19.6 Å². The van der Waals surface area contributed by atoms with Gasteiger partial charge < -0.3 is 29.8 Å². The van der Waals surface area contributed by atoms with Gasteiger partial charge in [0.2, 0.25) is 0 Å². The number of carbonyl (C=O) groups is 2. The van der Waals surface area contributed by atoms with Gasteiger partial charge in [-0.25, -0.2) is 9.59 Å². The summed E-state index contributed by atoms with van der Waals surface area (Å²) in [5, 5.41) is 39.9. The van der Waals surface area contributed by atoms with E-state index in [1.165, 1.54) is 24.3 Å². The van der Waals surface area contributed by atoms with Crippen molar-refractivity contribution in [2.75, 3.05) is 76.3 Å². The van der Waals surface area contributed by atoms with Gasteiger partial charge in [0.25, 0.3) is 11.4 Å². The number of carboxylic acid groups (broad SMARTS) is 2. The van der Waals surface area contributed by atoms with Crippen molar-refractivity contribution in [1.29, 1.82) is 0 Å². The highest BCUT2D eigenvalue weighted by Gasteiger charge is 2.23. The average Bonchev–Trinajstić information content (AvgIpc) is 3.27. The molecule has 2 fully saturated rings. The van der Waals surface area contributed by atoms with Crippen molar-refractivity contribution in [2.45, 2.75) is 12.8 Å². The van der Waals surface area contributed by atoms with E-state index >= 15 is 0 Å². The van der Waals surface area contributed by atoms with E-state index in [0.29, 0.717) is 0 Å². The van der Waals surface area contributed by atoms with Gasteiger partial charge >= 0.3 is 11.9 Å². The van der Waals surface area contributed by atoms with Crippen LogP contribution in [0.2, 0.25) is 0 Å². The van der Waals surface area contributed by atoms with E-state index < -0.39 is 21.8 Å². The van der Waals surface area contributed by atoms with Gasteiger partial charge in [-0.2, -0.15) is 0 Å². The Kier molecular flexibility index (Phi) is 10.3. The predicted octanol–water partition coefficient (Wildman–Crippen LogP) is 2.87. The van der Waals surface area contributed by atoms with Gasteiger partial charge in [-0.1, -0.05) is 0 Å². The zero-order chi connectivity index (χ0) is 29.4. The molecule has 2 aromatic carbocycles. The molecule has 2 aromatic rings. The molecule has 2 aliphatic heterocycles. The highest BCUT2D eigenvalue weighted by molar-refractivity contribution is 5.94. The normalized spacial score (nSPS) is 16.8. The van der Waals surface area contributed by atoms with E-state index in [4.69, 9.17) is 10.2 Å². The Labute approximate surface area is 231 Å². The summed E-state index contributed by atoms with van der Waals surface area (Å²) in [6.45, 7) is 6.98. The molecule has 40 heavy (non-hydrogen) atoms. The largest absolute Gasteiger partial charge is 0.477 e. The third kappa shape index (κ3) is 7.86. The van der Waals surface area contributed by atoms with Gasteiger partial charge in [0.05, 0.1) is 9.85 Å². The molecule has 0 amide bonds. The summed E-state index contributed by atoms with van der Waals surface area (Å²) in [4.78, 5) is 51.2. The number of carboxylic acids is 2. The van der Waals surface area contributed by atoms with Crippen LogP contribution in [0, 0.1) is 20.2 Å². The van der Waals surface area contributed by atoms with Crippen molar-refractivity contribution < 1.29 is 29.6 Å². The number of aromatic carboxylic acids is 2. The number of likely N-dealkylation sites (N-methyl/N-ethyl adjacent to an activating group) is 2. The maximum absolute atomic E-state index is 11.1. The lowest BCUT2D eigenvalue weighted by atomic mass is 10.1. The molecule has 14 heteroatoms. The number of benzene rings is 2. The maximum Gasteiger partial charge on any atom is 0.342 e. The summed E-state index contributed by atoms with van der Waals surface area (Å²) in [7, 11) is 4.09. The van der Waals surface area contributed by atoms with E-state index in [0.717, 1.165) is 76.6 Å². The van der Waals surface area contributed by atoms with Crippen LogP contribution in [0.1, 0.15) is 33.6 Å². The van der Waals surface area contributed by atoms with Crippen molar-refractivity contribution >= 4 is 34.7 Å². The smallest absolute Gasteiger partial charge is 0.342 e. The molecule has 216 valence electrons. The molecule has 0 bridgehead atoms. The molecule has 2 heterocycles. The second-order valence-electron chi connectivity index (χ2n) is 9.82. The van der Waals surface area contributed by atoms with Crippen LogP contribution >= 0.6 is 0 Å². The van der Waals surface area contributed by atoms with Gasteiger partial charge in [-0.05, 0) is 64.3 Å². The lowest BCUT2D eigenvalue weighted by molar-refractivity contribution is -0.385. The fourth-order valence-electron chi connectivity index (χ4n) is 4.71. The number of anilines is 2. The molecule has 0 unspecified atom stereocenters. The minimum Gasteiger partial charge on any atom is -0.477 e. The number of nitro benzene ring substituents is 2. The van der Waals surface area contributed by atoms with E-state index in [1.807, 2.05) is 14.1 Å². The van der Waals surface area contributed by atoms with Crippen molar-refractivity contribution in [3.63, 3.8) is 0 Å². The van der Waals surface area contributed by atoms with Crippen LogP contribution < -0.4 is 9.80 Å². The third-order valence-corrected chi connectivity index (χ3v) is 6.98. The first-order valence-corrected chi connectivity index (χ1v) is 12.9. The molecule has 0 aliphatic carbocycles. The molecule has 2 saturated heterocycles. The van der Waals surface area contributed by atoms with Crippen molar-refractivity contribution in [1.82, 2.24) is 9.80 Å². The summed E-state index contributed by atoms with van der Waals surface area (Å²) in [5.41, 5.74) is 0.197. The summed E-state index contributed by atoms with van der Waals surface area (Å²) in [6, 6.07) is 8.57. The van der Waals surface area contributed by atoms with Crippen molar-refractivity contribution in [2.24, 2.45) is 0 Å². The van der Waals surface area contributed by atoms with Gasteiger partial charge in [-0.3, -0.25) is 20.2 Å². The zero-order valence-corrected chi connectivity index (χ0v) is 22.6. The maximum atomic E-state index is 11.1. The van der Waals surface area contributed by atoms with Crippen LogP contribution in [0.25, 0.3) is 0 Å². The van der Waals surface area contributed by atoms with E-state index in [9.17, 15) is 29.8 Å². The standard InChI is InChI=1S/2C13H17N3O4/c2*1-14-5-2-6-15(8-7-14)10-3-4-12(16(19)20)11(9-10)13(17)18/h2*3-4,9H,2,5-8H2,1H3,(H,17,18). The average molecular weight is 559 g/mol. The summed E-state index contributed by atoms with van der Waals surface area (Å²) < 4.78 is 0. The van der Waals surface area contributed by atoms with Gasteiger partial charge in [0.1, 0.15) is 11.1 Å². The third-order valence-electron chi connectivity index (χ3n) is 6.98. The highest BCUT2D eigenvalue weighted by atomic mass is 16.6. The molecule has 4 rings (SSSR count). The van der Waals surface area contributed by atoms with Gasteiger partial charge in [0.15, 0.2) is 0 Å². The minimum absolute atomic E-state index is 0.259. The van der Waals surface area contributed by atoms with Crippen LogP contribution in [0.15, 0.2) is 36.4 Å². The van der Waals surface area contributed by atoms with Crippen LogP contribution in [-0.2, 0) is 0 Å². The Hall–Kier alpha value is -4.30. The summed E-state index contributed by atoms with van der Waals surface area (Å²) in [6.07, 6.45) is 1.96. The topological polar surface area (TPSA) is 174 Å². The van der Waals surface area contributed by atoms with Crippen LogP contribution in [-0.4, -0.2) is 108 Å². The molecule has 0 spiro atoms. The second kappa shape index (κ2) is 13.7. The summed E-state index contributed by atoms with van der Waals surface area (Å²) in [5.74, 6) is -2.55. The van der Waals surface area contributed by atoms with Gasteiger partial charge in [-0.15, -0.1) is 0 Å². The monoisotopic (exact) mass is 558 g/mol. The Morgan fingerprint density at radius 2 is 1.02 bits per heavy atom. The van der Waals surface area contributed by atoms with Crippen LogP contribution in [0.4, 0.5) is 22.7 Å². The van der Waals surface area contributed by atoms with E-state index in [-0.39, 0.29) is 22.5 Å². The summed E-state index contributed by atoms with van der Waals surface area (Å²) >= 11 is 0. The number of rotatable bonds is 6. The van der Waals surface area contributed by atoms with E-state index in [1.54, 1.807) is 12.1 Å². The lowest BCUT2D eigenvalue weighted by Gasteiger charge is -2.23. The number of nitrogens with zero attached hydrogens (tertiary/aromatic N) is 6. The SMILES string of the molecule is CN1CCCN(c2ccc([N+](=O)[O-])c(C(=O)O)c2)CC1.CN1CCCN(c2ccc([N+](=O)[O-])c(C(=O)O)c2)CC1. The lowest BCUT2D eigenvalue weighted by Crippen LogP contribution is -2.28. The molecular weight excluding hydrogens is 524 g/mol. The van der Waals surface area contributed by atoms with Crippen LogP contribution in [0.3, 0.4) is 0 Å². The first-order valence-electron chi connectivity index (χ1n) is 12.9.